The zero-order valence-corrected chi connectivity index (χ0v) is 21.1. The van der Waals surface area contributed by atoms with Gasteiger partial charge in [0.1, 0.15) is 4.90 Å². The normalized spacial score (nSPS) is 17.1. The Labute approximate surface area is 189 Å². The van der Waals surface area contributed by atoms with Gasteiger partial charge >= 0.3 is 0 Å². The van der Waals surface area contributed by atoms with Gasteiger partial charge < -0.3 is 0 Å². The van der Waals surface area contributed by atoms with Gasteiger partial charge in [0.2, 0.25) is 10.0 Å². The van der Waals surface area contributed by atoms with Crippen LogP contribution in [0.5, 0.6) is 0 Å². The molecule has 174 valence electrons. The Morgan fingerprint density at radius 3 is 2.13 bits per heavy atom. The summed E-state index contributed by atoms with van der Waals surface area (Å²) in [4.78, 5) is 12.3. The Balaban J connectivity index is 2.48. The second-order valence-electron chi connectivity index (χ2n) is 8.45. The summed E-state index contributed by atoms with van der Waals surface area (Å²) in [5, 5.41) is 0. The van der Waals surface area contributed by atoms with Gasteiger partial charge in [-0.15, -0.1) is 0 Å². The lowest BCUT2D eigenvalue weighted by atomic mass is 10.0. The van der Waals surface area contributed by atoms with E-state index in [9.17, 15) is 13.2 Å². The third kappa shape index (κ3) is 7.69. The molecular formula is C24H39N2O3PS. The molecule has 31 heavy (non-hydrogen) atoms. The fourth-order valence-corrected chi connectivity index (χ4v) is 9.69. The van der Waals surface area contributed by atoms with Crippen LogP contribution >= 0.6 is 7.05 Å². The number of rotatable bonds is 13. The fraction of sp³-hybridized carbons (Fsp3) is 0.625. The second kappa shape index (κ2) is 12.7. The Morgan fingerprint density at radius 2 is 1.58 bits per heavy atom. The van der Waals surface area contributed by atoms with Gasteiger partial charge in [-0.2, -0.15) is 0 Å². The van der Waals surface area contributed by atoms with Crippen LogP contribution in [0.4, 0.5) is 5.69 Å². The second-order valence-corrected chi connectivity index (χ2v) is 13.9. The molecule has 5 nitrogen and oxygen atoms in total. The number of carbonyl (C=O) groups is 1. The summed E-state index contributed by atoms with van der Waals surface area (Å²) in [6.07, 6.45) is 14.4. The Hall–Kier alpha value is -1.23. The van der Waals surface area contributed by atoms with Crippen LogP contribution < -0.4 is 4.72 Å². The van der Waals surface area contributed by atoms with Gasteiger partial charge in [0.05, 0.1) is 11.7 Å². The summed E-state index contributed by atoms with van der Waals surface area (Å²) in [6.45, 7) is 6.60. The summed E-state index contributed by atoms with van der Waals surface area (Å²) in [7, 11) is -5.50. The molecule has 0 fully saturated rings. The molecule has 0 spiro atoms. The highest BCUT2D eigenvalue weighted by atomic mass is 32.2. The molecular weight excluding hydrogens is 427 g/mol. The van der Waals surface area contributed by atoms with Crippen molar-refractivity contribution < 1.29 is 13.2 Å². The van der Waals surface area contributed by atoms with E-state index in [1.807, 2.05) is 12.1 Å². The van der Waals surface area contributed by atoms with Crippen molar-refractivity contribution in [2.75, 3.05) is 18.5 Å². The third-order valence-corrected chi connectivity index (χ3v) is 11.4. The summed E-state index contributed by atoms with van der Waals surface area (Å²) < 4.78 is 34.4. The van der Waals surface area contributed by atoms with E-state index in [1.165, 1.54) is 6.08 Å². The Bertz CT molecular complexity index is 881. The predicted molar refractivity (Wildman–Crippen MR) is 132 cm³/mol. The maximum absolute atomic E-state index is 13.3. The largest absolute Gasteiger partial charge is 0.293 e. The van der Waals surface area contributed by atoms with Crippen LogP contribution in [0.15, 0.2) is 46.1 Å². The molecule has 0 saturated heterocycles. The minimum Gasteiger partial charge on any atom is -0.293 e. The smallest absolute Gasteiger partial charge is 0.243 e. The van der Waals surface area contributed by atoms with Gasteiger partial charge in [-0.25, -0.2) is 13.1 Å². The van der Waals surface area contributed by atoms with Crippen molar-refractivity contribution in [3.8, 4) is 0 Å². The molecule has 0 aliphatic heterocycles. The van der Waals surface area contributed by atoms with Crippen molar-refractivity contribution in [3.63, 3.8) is 0 Å². The molecule has 1 aromatic carbocycles. The number of ketones is 1. The number of hydrogen-bond acceptors (Lipinski definition) is 4. The van der Waals surface area contributed by atoms with E-state index in [4.69, 9.17) is 4.74 Å². The van der Waals surface area contributed by atoms with Crippen LogP contribution in [0.2, 0.25) is 0 Å². The van der Waals surface area contributed by atoms with Gasteiger partial charge in [0, 0.05) is 0 Å². The molecule has 1 unspecified atom stereocenters. The van der Waals surface area contributed by atoms with Crippen molar-refractivity contribution in [1.82, 2.24) is 4.72 Å². The lowest BCUT2D eigenvalue weighted by Crippen LogP contribution is -2.41. The van der Waals surface area contributed by atoms with Crippen LogP contribution in [0, 0.1) is 0 Å². The molecule has 1 aliphatic rings. The maximum atomic E-state index is 13.3. The summed E-state index contributed by atoms with van der Waals surface area (Å²) >= 11 is 0. The number of allylic oxidation sites excluding steroid dienone is 1. The van der Waals surface area contributed by atoms with Gasteiger partial charge in [-0.05, 0) is 75.9 Å². The number of nitrogens with zero attached hydrogens (tertiary/aromatic N) is 1. The maximum Gasteiger partial charge on any atom is 0.243 e. The highest BCUT2D eigenvalue weighted by Gasteiger charge is 2.28. The molecule has 7 heteroatoms. The van der Waals surface area contributed by atoms with Gasteiger partial charge in [0.25, 0.3) is 0 Å². The first-order valence-electron chi connectivity index (χ1n) is 11.8. The van der Waals surface area contributed by atoms with E-state index in [0.717, 1.165) is 57.0 Å². The van der Waals surface area contributed by atoms with E-state index < -0.39 is 23.1 Å². The zero-order chi connectivity index (χ0) is 22.7. The lowest BCUT2D eigenvalue weighted by Gasteiger charge is -2.26. The molecule has 0 saturated carbocycles. The fourth-order valence-electron chi connectivity index (χ4n) is 3.93. The first-order valence-corrected chi connectivity index (χ1v) is 15.6. The standard InChI is InChI=1S/C24H39N2O3PS/c1-4-7-18-30(19-8-5-2,20-9-6-3)25-22-15-11-13-17-24(22)31(28,29)26-21-14-10-12-16-23(21)27/h11-13,15-17,21,26H,4-10,14,18-20H2,1-3H3. The van der Waals surface area contributed by atoms with Crippen LogP contribution in [0.3, 0.4) is 0 Å². The van der Waals surface area contributed by atoms with Crippen molar-refractivity contribution in [3.05, 3.63) is 36.4 Å². The number of benzene rings is 1. The first-order chi connectivity index (χ1) is 14.9. The topological polar surface area (TPSA) is 75.6 Å². The number of carbonyl (C=O) groups excluding carboxylic acids is 1. The third-order valence-electron chi connectivity index (χ3n) is 5.80. The first kappa shape index (κ1) is 26.0. The van der Waals surface area contributed by atoms with Crippen LogP contribution in [-0.4, -0.2) is 38.7 Å². The van der Waals surface area contributed by atoms with E-state index >= 15 is 0 Å². The van der Waals surface area contributed by atoms with Crippen LogP contribution in [-0.2, 0) is 14.8 Å². The monoisotopic (exact) mass is 466 g/mol. The Morgan fingerprint density at radius 1 is 1.00 bits per heavy atom. The average molecular weight is 467 g/mol. The highest BCUT2D eigenvalue weighted by Crippen LogP contribution is 2.55. The Kier molecular flexibility index (Phi) is 10.7. The molecule has 0 radical (unpaired) electrons. The molecule has 0 aromatic heterocycles. The SMILES string of the molecule is CCCCP(CCCC)(CCCC)=Nc1ccccc1S(=O)(=O)NC1CCC=CC1=O. The van der Waals surface area contributed by atoms with Crippen molar-refractivity contribution in [1.29, 1.82) is 0 Å². The van der Waals surface area contributed by atoms with Crippen molar-refractivity contribution in [2.45, 2.75) is 83.1 Å². The van der Waals surface area contributed by atoms with Crippen molar-refractivity contribution in [2.24, 2.45) is 4.74 Å². The summed E-state index contributed by atoms with van der Waals surface area (Å²) in [5.74, 6) is -0.181. The van der Waals surface area contributed by atoms with E-state index in [-0.39, 0.29) is 10.7 Å². The van der Waals surface area contributed by atoms with Crippen molar-refractivity contribution >= 4 is 28.5 Å². The molecule has 0 heterocycles. The van der Waals surface area contributed by atoms with E-state index in [0.29, 0.717) is 18.5 Å². The van der Waals surface area contributed by atoms with E-state index in [1.54, 1.807) is 18.2 Å². The quantitative estimate of drug-likeness (QED) is 0.338. The zero-order valence-electron chi connectivity index (χ0n) is 19.3. The molecule has 1 aromatic rings. The number of unbranched alkanes of at least 4 members (excludes halogenated alkanes) is 3. The molecule has 1 atom stereocenters. The molecule has 1 aliphatic carbocycles. The predicted octanol–water partition coefficient (Wildman–Crippen LogP) is 6.49. The van der Waals surface area contributed by atoms with Crippen LogP contribution in [0.25, 0.3) is 0 Å². The molecule has 1 N–H and O–H groups in total. The summed E-state index contributed by atoms with van der Waals surface area (Å²) in [6, 6.07) is 6.36. The van der Waals surface area contributed by atoms with E-state index in [2.05, 4.69) is 25.5 Å². The van der Waals surface area contributed by atoms with Gasteiger partial charge in [-0.3, -0.25) is 9.54 Å². The summed E-state index contributed by atoms with van der Waals surface area (Å²) in [5.41, 5.74) is 0.561. The number of hydrogen-bond donors (Lipinski definition) is 1. The minimum absolute atomic E-state index is 0.181. The average Bonchev–Trinajstić information content (AvgIpc) is 2.76. The number of sulfonamides is 1. The van der Waals surface area contributed by atoms with Crippen LogP contribution in [0.1, 0.15) is 72.1 Å². The minimum atomic E-state index is -3.84. The molecule has 0 bridgehead atoms. The highest BCUT2D eigenvalue weighted by molar-refractivity contribution is 7.89. The lowest BCUT2D eigenvalue weighted by molar-refractivity contribution is -0.116. The van der Waals surface area contributed by atoms with Gasteiger partial charge in [0.15, 0.2) is 5.78 Å². The molecule has 0 amide bonds. The number of nitrogens with one attached hydrogen (secondary N) is 1. The van der Waals surface area contributed by atoms with Gasteiger partial charge in [-0.1, -0.05) is 58.2 Å². The molecule has 2 rings (SSSR count).